The maximum atomic E-state index is 12.3. The zero-order chi connectivity index (χ0) is 14.3. The summed E-state index contributed by atoms with van der Waals surface area (Å²) in [5, 5.41) is 0. The van der Waals surface area contributed by atoms with Crippen molar-refractivity contribution in [3.8, 4) is 5.75 Å². The highest BCUT2D eigenvalue weighted by Gasteiger charge is 2.27. The molecule has 2 aromatic carbocycles. The van der Waals surface area contributed by atoms with Gasteiger partial charge in [0.15, 0.2) is 5.78 Å². The molecule has 0 amide bonds. The quantitative estimate of drug-likeness (QED) is 0.752. The lowest BCUT2D eigenvalue weighted by molar-refractivity contribution is 0.0850. The predicted molar refractivity (Wildman–Crippen MR) is 82.4 cm³/mol. The van der Waals surface area contributed by atoms with Gasteiger partial charge >= 0.3 is 0 Å². The Balaban J connectivity index is 1.97. The molecule has 0 bridgehead atoms. The van der Waals surface area contributed by atoms with Crippen LogP contribution in [0, 0.1) is 13.8 Å². The molecule has 20 heavy (non-hydrogen) atoms. The van der Waals surface area contributed by atoms with Crippen LogP contribution < -0.4 is 4.74 Å². The highest BCUT2D eigenvalue weighted by molar-refractivity contribution is 9.10. The summed E-state index contributed by atoms with van der Waals surface area (Å²) >= 11 is 3.39. The lowest BCUT2D eigenvalue weighted by Gasteiger charge is -2.26. The van der Waals surface area contributed by atoms with Gasteiger partial charge in [-0.2, -0.15) is 0 Å². The molecule has 3 heteroatoms. The standard InChI is InChI=1S/C17H15BrO2/c1-10-3-4-12(7-11(10)2)17-9-15(19)14-8-13(18)5-6-16(14)20-17/h3-8,17H,9H2,1-2H3. The fourth-order valence-corrected chi connectivity index (χ4v) is 2.81. The fraction of sp³-hybridized carbons (Fsp3) is 0.235. The normalized spacial score (nSPS) is 17.6. The number of ether oxygens (including phenoxy) is 1. The number of Topliss-reactive ketones (excluding diaryl/α,β-unsaturated/α-hetero) is 1. The van der Waals surface area contributed by atoms with Gasteiger partial charge in [0, 0.05) is 4.47 Å². The van der Waals surface area contributed by atoms with Gasteiger partial charge < -0.3 is 4.74 Å². The lowest BCUT2D eigenvalue weighted by Crippen LogP contribution is -2.20. The summed E-state index contributed by atoms with van der Waals surface area (Å²) in [7, 11) is 0. The third kappa shape index (κ3) is 2.38. The van der Waals surface area contributed by atoms with Crippen molar-refractivity contribution in [1.82, 2.24) is 0 Å². The molecule has 3 rings (SSSR count). The van der Waals surface area contributed by atoms with E-state index in [9.17, 15) is 4.79 Å². The maximum Gasteiger partial charge on any atom is 0.170 e. The second-order valence-corrected chi connectivity index (χ2v) is 6.13. The zero-order valence-electron chi connectivity index (χ0n) is 11.4. The fourth-order valence-electron chi connectivity index (χ4n) is 2.45. The van der Waals surface area contributed by atoms with Gasteiger partial charge in [-0.15, -0.1) is 0 Å². The van der Waals surface area contributed by atoms with Crippen LogP contribution >= 0.6 is 15.9 Å². The molecular weight excluding hydrogens is 316 g/mol. The molecule has 1 unspecified atom stereocenters. The molecular formula is C17H15BrO2. The van der Waals surface area contributed by atoms with E-state index in [1.54, 1.807) is 0 Å². The Kier molecular flexibility index (Phi) is 3.38. The van der Waals surface area contributed by atoms with Gasteiger partial charge in [0.1, 0.15) is 11.9 Å². The smallest absolute Gasteiger partial charge is 0.170 e. The van der Waals surface area contributed by atoms with Crippen molar-refractivity contribution in [1.29, 1.82) is 0 Å². The predicted octanol–water partition coefficient (Wildman–Crippen LogP) is 4.77. The Morgan fingerprint density at radius 3 is 2.65 bits per heavy atom. The van der Waals surface area contributed by atoms with Crippen LogP contribution in [0.4, 0.5) is 0 Å². The molecule has 1 aliphatic rings. The summed E-state index contributed by atoms with van der Waals surface area (Å²) in [6.45, 7) is 4.16. The van der Waals surface area contributed by atoms with E-state index in [-0.39, 0.29) is 11.9 Å². The molecule has 2 nitrogen and oxygen atoms in total. The van der Waals surface area contributed by atoms with E-state index in [2.05, 4.69) is 41.9 Å². The Morgan fingerprint density at radius 2 is 1.90 bits per heavy atom. The average molecular weight is 331 g/mol. The monoisotopic (exact) mass is 330 g/mol. The maximum absolute atomic E-state index is 12.3. The van der Waals surface area contributed by atoms with Gasteiger partial charge in [-0.3, -0.25) is 4.79 Å². The number of fused-ring (bicyclic) bond motifs is 1. The molecule has 102 valence electrons. The molecule has 0 saturated carbocycles. The van der Waals surface area contributed by atoms with E-state index in [1.165, 1.54) is 11.1 Å². The van der Waals surface area contributed by atoms with Crippen molar-refractivity contribution in [2.24, 2.45) is 0 Å². The Labute approximate surface area is 126 Å². The van der Waals surface area contributed by atoms with E-state index < -0.39 is 0 Å². The first-order chi connectivity index (χ1) is 9.54. The van der Waals surface area contributed by atoms with E-state index in [0.717, 1.165) is 10.0 Å². The zero-order valence-corrected chi connectivity index (χ0v) is 13.0. The summed E-state index contributed by atoms with van der Waals surface area (Å²) in [6, 6.07) is 11.8. The number of halogens is 1. The van der Waals surface area contributed by atoms with Crippen LogP contribution in [0.3, 0.4) is 0 Å². The second kappa shape index (κ2) is 5.06. The average Bonchev–Trinajstić information content (AvgIpc) is 2.42. The molecule has 1 aliphatic heterocycles. The number of carbonyl (C=O) groups excluding carboxylic acids is 1. The van der Waals surface area contributed by atoms with Gasteiger partial charge in [-0.1, -0.05) is 34.1 Å². The first-order valence-corrected chi connectivity index (χ1v) is 7.40. The molecule has 0 radical (unpaired) electrons. The van der Waals surface area contributed by atoms with E-state index >= 15 is 0 Å². The Hall–Kier alpha value is -1.61. The minimum Gasteiger partial charge on any atom is -0.484 e. The number of aryl methyl sites for hydroxylation is 2. The first kappa shape index (κ1) is 13.4. The molecule has 1 heterocycles. The Morgan fingerprint density at radius 1 is 1.10 bits per heavy atom. The van der Waals surface area contributed by atoms with Gasteiger partial charge in [0.05, 0.1) is 12.0 Å². The number of hydrogen-bond donors (Lipinski definition) is 0. The van der Waals surface area contributed by atoms with Crippen molar-refractivity contribution in [3.63, 3.8) is 0 Å². The molecule has 0 aromatic heterocycles. The minimum absolute atomic E-state index is 0.135. The van der Waals surface area contributed by atoms with E-state index in [1.807, 2.05) is 24.3 Å². The molecule has 0 saturated heterocycles. The number of ketones is 1. The summed E-state index contributed by atoms with van der Waals surface area (Å²) in [6.07, 6.45) is 0.210. The summed E-state index contributed by atoms with van der Waals surface area (Å²) in [5.74, 6) is 0.809. The molecule has 0 N–H and O–H groups in total. The van der Waals surface area contributed by atoms with Gasteiger partial charge in [-0.05, 0) is 48.7 Å². The van der Waals surface area contributed by atoms with Gasteiger partial charge in [0.25, 0.3) is 0 Å². The third-order valence-corrected chi connectivity index (χ3v) is 4.28. The number of hydrogen-bond acceptors (Lipinski definition) is 2. The van der Waals surface area contributed by atoms with E-state index in [4.69, 9.17) is 4.74 Å². The first-order valence-electron chi connectivity index (χ1n) is 6.61. The summed E-state index contributed by atoms with van der Waals surface area (Å²) in [4.78, 5) is 12.3. The molecule has 0 fully saturated rings. The van der Waals surface area contributed by atoms with Crippen LogP contribution in [-0.4, -0.2) is 5.78 Å². The Bertz CT molecular complexity index is 691. The second-order valence-electron chi connectivity index (χ2n) is 5.22. The van der Waals surface area contributed by atoms with Crippen molar-refractivity contribution in [3.05, 3.63) is 63.1 Å². The highest BCUT2D eigenvalue weighted by Crippen LogP contribution is 2.36. The lowest BCUT2D eigenvalue weighted by atomic mass is 9.94. The van der Waals surface area contributed by atoms with Gasteiger partial charge in [-0.25, -0.2) is 0 Å². The van der Waals surface area contributed by atoms with Crippen LogP contribution in [0.25, 0.3) is 0 Å². The van der Waals surface area contributed by atoms with Crippen LogP contribution in [0.15, 0.2) is 40.9 Å². The van der Waals surface area contributed by atoms with Crippen molar-refractivity contribution >= 4 is 21.7 Å². The van der Waals surface area contributed by atoms with Crippen LogP contribution in [-0.2, 0) is 0 Å². The van der Waals surface area contributed by atoms with Gasteiger partial charge in [0.2, 0.25) is 0 Å². The van der Waals surface area contributed by atoms with Crippen LogP contribution in [0.1, 0.15) is 39.6 Å². The SMILES string of the molecule is Cc1ccc(C2CC(=O)c3cc(Br)ccc3O2)cc1C. The van der Waals surface area contributed by atoms with Crippen LogP contribution in [0.2, 0.25) is 0 Å². The number of carbonyl (C=O) groups is 1. The van der Waals surface area contributed by atoms with Crippen molar-refractivity contribution in [2.75, 3.05) is 0 Å². The molecule has 1 atom stereocenters. The molecule has 0 aliphatic carbocycles. The topological polar surface area (TPSA) is 26.3 Å². The van der Waals surface area contributed by atoms with Crippen molar-refractivity contribution < 1.29 is 9.53 Å². The molecule has 0 spiro atoms. The summed E-state index contributed by atoms with van der Waals surface area (Å²) < 4.78 is 6.90. The summed E-state index contributed by atoms with van der Waals surface area (Å²) in [5.41, 5.74) is 4.20. The molecule has 2 aromatic rings. The van der Waals surface area contributed by atoms with Crippen LogP contribution in [0.5, 0.6) is 5.75 Å². The number of rotatable bonds is 1. The number of benzene rings is 2. The third-order valence-electron chi connectivity index (χ3n) is 3.78. The largest absolute Gasteiger partial charge is 0.484 e. The van der Waals surface area contributed by atoms with Crippen molar-refractivity contribution in [2.45, 2.75) is 26.4 Å². The highest BCUT2D eigenvalue weighted by atomic mass is 79.9. The van der Waals surface area contributed by atoms with E-state index in [0.29, 0.717) is 17.7 Å². The minimum atomic E-state index is -0.185.